The second kappa shape index (κ2) is 7.11. The first-order chi connectivity index (χ1) is 12.0. The molecule has 0 unspecified atom stereocenters. The van der Waals surface area contributed by atoms with E-state index in [1.54, 1.807) is 17.0 Å². The van der Waals surface area contributed by atoms with Gasteiger partial charge >= 0.3 is 0 Å². The van der Waals surface area contributed by atoms with Gasteiger partial charge in [-0.1, -0.05) is 31.2 Å². The van der Waals surface area contributed by atoms with Crippen molar-refractivity contribution in [3.8, 4) is 0 Å². The zero-order valence-corrected chi connectivity index (χ0v) is 14.2. The Morgan fingerprint density at radius 1 is 1.04 bits per heavy atom. The average Bonchev–Trinajstić information content (AvgIpc) is 2.61. The number of aryl methyl sites for hydroxylation is 1. The number of rotatable bonds is 5. The molecule has 6 heteroatoms. The highest BCUT2D eigenvalue weighted by atomic mass is 19.1. The Kier molecular flexibility index (Phi) is 4.90. The maximum atomic E-state index is 13.9. The Labute approximate surface area is 144 Å². The monoisotopic (exact) mass is 343 g/mol. The molecular weight excluding hydrogens is 324 g/mol. The Hall–Kier alpha value is -2.60. The van der Waals surface area contributed by atoms with Crippen LogP contribution in [0.15, 0.2) is 47.3 Å². The standard InChI is InChI=1S/C19H19F2N3O/c1-3-23(11-16-17(20)9-6-10-18(16)21)12-24-19(25)15-8-5-4-7-14(15)13(2)22-24/h4-10H,3,11-12H2,1-2H3. The van der Waals surface area contributed by atoms with Gasteiger partial charge in [-0.05, 0) is 31.7 Å². The number of benzene rings is 2. The van der Waals surface area contributed by atoms with E-state index < -0.39 is 11.6 Å². The summed E-state index contributed by atoms with van der Waals surface area (Å²) in [5, 5.41) is 5.75. The van der Waals surface area contributed by atoms with E-state index in [0.717, 1.165) is 11.1 Å². The van der Waals surface area contributed by atoms with Gasteiger partial charge in [0.05, 0.1) is 17.7 Å². The summed E-state index contributed by atoms with van der Waals surface area (Å²) in [7, 11) is 0. The molecule has 2 aromatic carbocycles. The molecule has 0 saturated heterocycles. The molecule has 1 aromatic heterocycles. The number of aromatic nitrogens is 2. The SMILES string of the molecule is CCN(Cc1c(F)cccc1F)Cn1nc(C)c2ccccc2c1=O. The molecule has 1 heterocycles. The Morgan fingerprint density at radius 2 is 1.68 bits per heavy atom. The van der Waals surface area contributed by atoms with Crippen LogP contribution in [0.25, 0.3) is 10.8 Å². The summed E-state index contributed by atoms with van der Waals surface area (Å²) in [6.45, 7) is 4.46. The molecule has 3 aromatic rings. The van der Waals surface area contributed by atoms with Crippen molar-refractivity contribution in [2.75, 3.05) is 6.54 Å². The Bertz CT molecular complexity index is 948. The maximum absolute atomic E-state index is 13.9. The third kappa shape index (κ3) is 3.44. The minimum absolute atomic E-state index is 0.00471. The van der Waals surface area contributed by atoms with Crippen LogP contribution < -0.4 is 5.56 Å². The van der Waals surface area contributed by atoms with E-state index in [4.69, 9.17) is 0 Å². The van der Waals surface area contributed by atoms with Crippen LogP contribution in [-0.4, -0.2) is 21.2 Å². The van der Waals surface area contributed by atoms with E-state index >= 15 is 0 Å². The fourth-order valence-corrected chi connectivity index (χ4v) is 2.86. The predicted octanol–water partition coefficient (Wildman–Crippen LogP) is 3.46. The molecule has 0 atom stereocenters. The van der Waals surface area contributed by atoms with Gasteiger partial charge in [0.15, 0.2) is 0 Å². The molecule has 0 aliphatic carbocycles. The number of halogens is 2. The van der Waals surface area contributed by atoms with Crippen molar-refractivity contribution in [3.05, 3.63) is 75.7 Å². The second-order valence-electron chi connectivity index (χ2n) is 5.92. The topological polar surface area (TPSA) is 38.1 Å². The summed E-state index contributed by atoms with van der Waals surface area (Å²) in [5.41, 5.74) is 0.520. The van der Waals surface area contributed by atoms with Crippen molar-refractivity contribution in [1.29, 1.82) is 0 Å². The van der Waals surface area contributed by atoms with Crippen molar-refractivity contribution in [2.45, 2.75) is 27.1 Å². The predicted molar refractivity (Wildman–Crippen MR) is 93.2 cm³/mol. The molecule has 0 fully saturated rings. The third-order valence-corrected chi connectivity index (χ3v) is 4.28. The lowest BCUT2D eigenvalue weighted by Gasteiger charge is -2.22. The lowest BCUT2D eigenvalue weighted by Crippen LogP contribution is -2.34. The van der Waals surface area contributed by atoms with Crippen LogP contribution in [0.5, 0.6) is 0 Å². The quantitative estimate of drug-likeness (QED) is 0.712. The number of hydrogen-bond acceptors (Lipinski definition) is 3. The minimum atomic E-state index is -0.589. The molecule has 0 bridgehead atoms. The van der Waals surface area contributed by atoms with Gasteiger partial charge in [-0.25, -0.2) is 13.5 Å². The summed E-state index contributed by atoms with van der Waals surface area (Å²) in [4.78, 5) is 14.4. The molecule has 25 heavy (non-hydrogen) atoms. The summed E-state index contributed by atoms with van der Waals surface area (Å²) in [5.74, 6) is -1.18. The van der Waals surface area contributed by atoms with Crippen LogP contribution in [0.4, 0.5) is 8.78 Å². The first kappa shape index (κ1) is 17.2. The van der Waals surface area contributed by atoms with Crippen LogP contribution in [0.1, 0.15) is 18.2 Å². The molecule has 0 saturated carbocycles. The molecule has 0 aliphatic rings. The molecule has 0 spiro atoms. The van der Waals surface area contributed by atoms with Crippen molar-refractivity contribution in [3.63, 3.8) is 0 Å². The summed E-state index contributed by atoms with van der Waals surface area (Å²) < 4.78 is 29.1. The zero-order valence-electron chi connectivity index (χ0n) is 14.2. The Balaban J connectivity index is 1.94. The first-order valence-electron chi connectivity index (χ1n) is 8.13. The smallest absolute Gasteiger partial charge is 0.275 e. The molecule has 3 rings (SSSR count). The van der Waals surface area contributed by atoms with Crippen molar-refractivity contribution < 1.29 is 8.78 Å². The van der Waals surface area contributed by atoms with Crippen LogP contribution in [0, 0.1) is 18.6 Å². The van der Waals surface area contributed by atoms with E-state index in [0.29, 0.717) is 11.9 Å². The highest BCUT2D eigenvalue weighted by molar-refractivity contribution is 5.83. The largest absolute Gasteiger partial charge is 0.280 e. The van der Waals surface area contributed by atoms with Crippen molar-refractivity contribution >= 4 is 10.8 Å². The fraction of sp³-hybridized carbons (Fsp3) is 0.263. The van der Waals surface area contributed by atoms with E-state index in [2.05, 4.69) is 5.10 Å². The number of fused-ring (bicyclic) bond motifs is 1. The lowest BCUT2D eigenvalue weighted by atomic mass is 10.1. The number of hydrogen-bond donors (Lipinski definition) is 0. The number of nitrogens with zero attached hydrogens (tertiary/aromatic N) is 3. The highest BCUT2D eigenvalue weighted by Crippen LogP contribution is 2.16. The van der Waals surface area contributed by atoms with E-state index in [1.807, 2.05) is 26.0 Å². The molecule has 0 amide bonds. The highest BCUT2D eigenvalue weighted by Gasteiger charge is 2.15. The van der Waals surface area contributed by atoms with E-state index in [-0.39, 0.29) is 24.3 Å². The van der Waals surface area contributed by atoms with Crippen molar-refractivity contribution in [1.82, 2.24) is 14.7 Å². The molecule has 4 nitrogen and oxygen atoms in total. The molecule has 130 valence electrons. The minimum Gasteiger partial charge on any atom is -0.280 e. The van der Waals surface area contributed by atoms with Gasteiger partial charge in [-0.2, -0.15) is 5.10 Å². The van der Waals surface area contributed by atoms with Gasteiger partial charge in [-0.15, -0.1) is 0 Å². The second-order valence-corrected chi connectivity index (χ2v) is 5.92. The summed E-state index contributed by atoms with van der Waals surface area (Å²) in [6, 6.07) is 11.1. The van der Waals surface area contributed by atoms with Gasteiger partial charge in [0.2, 0.25) is 0 Å². The van der Waals surface area contributed by atoms with Crippen LogP contribution in [0.2, 0.25) is 0 Å². The van der Waals surface area contributed by atoms with Crippen LogP contribution in [0.3, 0.4) is 0 Å². The maximum Gasteiger partial charge on any atom is 0.275 e. The molecule has 0 aliphatic heterocycles. The lowest BCUT2D eigenvalue weighted by molar-refractivity contribution is 0.199. The van der Waals surface area contributed by atoms with Crippen LogP contribution >= 0.6 is 0 Å². The Morgan fingerprint density at radius 3 is 2.32 bits per heavy atom. The van der Waals surface area contributed by atoms with Crippen molar-refractivity contribution in [2.24, 2.45) is 0 Å². The normalized spacial score (nSPS) is 11.4. The molecule has 0 radical (unpaired) electrons. The average molecular weight is 343 g/mol. The zero-order chi connectivity index (χ0) is 18.0. The van der Waals surface area contributed by atoms with Gasteiger partial charge in [0.25, 0.3) is 5.56 Å². The summed E-state index contributed by atoms with van der Waals surface area (Å²) in [6.07, 6.45) is 0. The third-order valence-electron chi connectivity index (χ3n) is 4.28. The summed E-state index contributed by atoms with van der Waals surface area (Å²) >= 11 is 0. The van der Waals surface area contributed by atoms with E-state index in [1.165, 1.54) is 22.9 Å². The van der Waals surface area contributed by atoms with Crippen LogP contribution in [-0.2, 0) is 13.2 Å². The van der Waals surface area contributed by atoms with Gasteiger partial charge in [0, 0.05) is 17.5 Å². The van der Waals surface area contributed by atoms with Gasteiger partial charge in [0.1, 0.15) is 11.6 Å². The molecule has 0 N–H and O–H groups in total. The fourth-order valence-electron chi connectivity index (χ4n) is 2.86. The molecular formula is C19H19F2N3O. The van der Waals surface area contributed by atoms with E-state index in [9.17, 15) is 13.6 Å². The van der Waals surface area contributed by atoms with Gasteiger partial charge in [-0.3, -0.25) is 9.69 Å². The van der Waals surface area contributed by atoms with Gasteiger partial charge < -0.3 is 0 Å². The first-order valence-corrected chi connectivity index (χ1v) is 8.13.